The summed E-state index contributed by atoms with van der Waals surface area (Å²) in [6.07, 6.45) is 1.65. The van der Waals surface area contributed by atoms with Gasteiger partial charge in [0.15, 0.2) is 0 Å². The Bertz CT molecular complexity index is 295. The molecule has 0 aliphatic carbocycles. The largest absolute Gasteiger partial charge is 0.342 e. The molecule has 6 nitrogen and oxygen atoms in total. The van der Waals surface area contributed by atoms with Crippen LogP contribution in [0.4, 0.5) is 0 Å². The lowest BCUT2D eigenvalue weighted by atomic mass is 9.92. The molecule has 2 heterocycles. The van der Waals surface area contributed by atoms with Crippen LogP contribution in [0.3, 0.4) is 0 Å². The molecule has 2 rings (SSSR count). The summed E-state index contributed by atoms with van der Waals surface area (Å²) in [6, 6.07) is -0.171. The van der Waals surface area contributed by atoms with E-state index in [2.05, 4.69) is 23.0 Å². The van der Waals surface area contributed by atoms with Crippen molar-refractivity contribution >= 4 is 11.8 Å². The first-order valence-corrected chi connectivity index (χ1v) is 5.62. The highest BCUT2D eigenvalue weighted by molar-refractivity contribution is 5.89. The predicted octanol–water partition coefficient (Wildman–Crippen LogP) is -1.08. The Labute approximate surface area is 94.1 Å². The second-order valence-corrected chi connectivity index (χ2v) is 4.41. The van der Waals surface area contributed by atoms with E-state index >= 15 is 0 Å². The standard InChI is InChI=1S/C10H17N3O3/c1-6-4-7(2-3-11-6)9(14)12-8-5-16-13-10(8)15/h6-8,11H,2-5H2,1H3,(H,12,14)(H,13,15)/t6?,7?,8-/m1/s1. The van der Waals surface area contributed by atoms with E-state index in [1.54, 1.807) is 0 Å². The quantitative estimate of drug-likeness (QED) is 0.560. The fourth-order valence-corrected chi connectivity index (χ4v) is 2.11. The maximum atomic E-state index is 11.9. The number of piperidine rings is 1. The van der Waals surface area contributed by atoms with E-state index in [1.165, 1.54) is 0 Å². The smallest absolute Gasteiger partial charge is 0.268 e. The van der Waals surface area contributed by atoms with Crippen LogP contribution in [0.1, 0.15) is 19.8 Å². The molecule has 0 spiro atoms. The first kappa shape index (κ1) is 11.3. The Morgan fingerprint density at radius 1 is 1.56 bits per heavy atom. The lowest BCUT2D eigenvalue weighted by Crippen LogP contribution is -2.48. The Hall–Kier alpha value is -1.14. The van der Waals surface area contributed by atoms with Crippen molar-refractivity contribution in [2.75, 3.05) is 13.2 Å². The first-order valence-electron chi connectivity index (χ1n) is 5.62. The number of carbonyl (C=O) groups excluding carboxylic acids is 2. The van der Waals surface area contributed by atoms with E-state index in [4.69, 9.17) is 4.84 Å². The van der Waals surface area contributed by atoms with Gasteiger partial charge in [0.05, 0.1) is 0 Å². The molecule has 3 atom stereocenters. The molecular formula is C10H17N3O3. The molecule has 3 N–H and O–H groups in total. The molecule has 6 heteroatoms. The SMILES string of the molecule is CC1CC(C(=O)N[C@@H]2CONC2=O)CCN1. The van der Waals surface area contributed by atoms with Crippen molar-refractivity contribution in [3.63, 3.8) is 0 Å². The van der Waals surface area contributed by atoms with Gasteiger partial charge in [0.25, 0.3) is 5.91 Å². The minimum Gasteiger partial charge on any atom is -0.342 e. The Balaban J connectivity index is 1.85. The van der Waals surface area contributed by atoms with Crippen molar-refractivity contribution in [3.8, 4) is 0 Å². The van der Waals surface area contributed by atoms with Gasteiger partial charge in [0.1, 0.15) is 12.6 Å². The Morgan fingerprint density at radius 2 is 2.38 bits per heavy atom. The van der Waals surface area contributed by atoms with Crippen molar-refractivity contribution in [2.45, 2.75) is 31.8 Å². The van der Waals surface area contributed by atoms with Crippen molar-refractivity contribution in [2.24, 2.45) is 5.92 Å². The summed E-state index contributed by atoms with van der Waals surface area (Å²) in [6.45, 7) is 3.13. The second-order valence-electron chi connectivity index (χ2n) is 4.41. The summed E-state index contributed by atoms with van der Waals surface area (Å²) in [4.78, 5) is 27.8. The molecule has 0 saturated carbocycles. The van der Waals surface area contributed by atoms with Crippen LogP contribution in [0.15, 0.2) is 0 Å². The van der Waals surface area contributed by atoms with Gasteiger partial charge in [0.2, 0.25) is 5.91 Å². The third-order valence-electron chi connectivity index (χ3n) is 3.05. The van der Waals surface area contributed by atoms with Gasteiger partial charge in [-0.2, -0.15) is 0 Å². The molecule has 2 saturated heterocycles. The number of nitrogens with one attached hydrogen (secondary N) is 3. The van der Waals surface area contributed by atoms with Gasteiger partial charge in [-0.05, 0) is 26.3 Å². The van der Waals surface area contributed by atoms with Gasteiger partial charge < -0.3 is 10.6 Å². The highest BCUT2D eigenvalue weighted by atomic mass is 16.7. The summed E-state index contributed by atoms with van der Waals surface area (Å²) in [7, 11) is 0. The maximum absolute atomic E-state index is 11.9. The lowest BCUT2D eigenvalue weighted by molar-refractivity contribution is -0.131. The average molecular weight is 227 g/mol. The zero-order valence-corrected chi connectivity index (χ0v) is 9.29. The summed E-state index contributed by atoms with van der Waals surface area (Å²) in [5, 5.41) is 6.00. The van der Waals surface area contributed by atoms with E-state index in [1.807, 2.05) is 0 Å². The zero-order valence-electron chi connectivity index (χ0n) is 9.29. The fraction of sp³-hybridized carbons (Fsp3) is 0.800. The third-order valence-corrected chi connectivity index (χ3v) is 3.05. The summed E-state index contributed by atoms with van der Waals surface area (Å²) in [5.41, 5.74) is 2.22. The lowest BCUT2D eigenvalue weighted by Gasteiger charge is -2.27. The molecule has 2 fully saturated rings. The van der Waals surface area contributed by atoms with Crippen molar-refractivity contribution in [3.05, 3.63) is 0 Å². The molecule has 0 radical (unpaired) electrons. The molecule has 0 aromatic heterocycles. The second kappa shape index (κ2) is 4.80. The summed E-state index contributed by atoms with van der Waals surface area (Å²) < 4.78 is 0. The molecule has 2 aliphatic heterocycles. The minimum absolute atomic E-state index is 0.00431. The average Bonchev–Trinajstić information content (AvgIpc) is 2.64. The molecule has 2 unspecified atom stereocenters. The van der Waals surface area contributed by atoms with Crippen LogP contribution in [0, 0.1) is 5.92 Å². The normalized spacial score (nSPS) is 34.6. The van der Waals surface area contributed by atoms with Gasteiger partial charge in [-0.15, -0.1) is 0 Å². The Morgan fingerprint density at radius 3 is 3.00 bits per heavy atom. The zero-order chi connectivity index (χ0) is 11.5. The molecule has 90 valence electrons. The van der Waals surface area contributed by atoms with E-state index < -0.39 is 6.04 Å². The van der Waals surface area contributed by atoms with E-state index in [0.717, 1.165) is 19.4 Å². The number of hydroxylamine groups is 1. The fourth-order valence-electron chi connectivity index (χ4n) is 2.11. The van der Waals surface area contributed by atoms with Crippen LogP contribution in [0.25, 0.3) is 0 Å². The van der Waals surface area contributed by atoms with E-state index in [-0.39, 0.29) is 24.3 Å². The van der Waals surface area contributed by atoms with Gasteiger partial charge >= 0.3 is 0 Å². The number of carbonyl (C=O) groups is 2. The van der Waals surface area contributed by atoms with Crippen LogP contribution in [0.2, 0.25) is 0 Å². The number of hydrogen-bond acceptors (Lipinski definition) is 4. The molecule has 2 amide bonds. The van der Waals surface area contributed by atoms with Gasteiger partial charge in [-0.25, -0.2) is 5.48 Å². The molecule has 2 aliphatic rings. The van der Waals surface area contributed by atoms with Crippen LogP contribution < -0.4 is 16.1 Å². The summed E-state index contributed by atoms with van der Waals surface area (Å²) >= 11 is 0. The topological polar surface area (TPSA) is 79.5 Å². The van der Waals surface area contributed by atoms with Crippen LogP contribution in [-0.4, -0.2) is 37.0 Å². The molecule has 0 bridgehead atoms. The predicted molar refractivity (Wildman–Crippen MR) is 56.2 cm³/mol. The van der Waals surface area contributed by atoms with Gasteiger partial charge in [0, 0.05) is 12.0 Å². The van der Waals surface area contributed by atoms with Gasteiger partial charge in [-0.3, -0.25) is 14.4 Å². The molecule has 16 heavy (non-hydrogen) atoms. The van der Waals surface area contributed by atoms with Crippen molar-refractivity contribution in [1.82, 2.24) is 16.1 Å². The highest BCUT2D eigenvalue weighted by Crippen LogP contribution is 2.16. The maximum Gasteiger partial charge on any atom is 0.268 e. The Kier molecular flexibility index (Phi) is 3.40. The monoisotopic (exact) mass is 227 g/mol. The number of amides is 2. The number of rotatable bonds is 2. The van der Waals surface area contributed by atoms with Crippen molar-refractivity contribution in [1.29, 1.82) is 0 Å². The van der Waals surface area contributed by atoms with Crippen molar-refractivity contribution < 1.29 is 14.4 Å². The van der Waals surface area contributed by atoms with Gasteiger partial charge in [-0.1, -0.05) is 0 Å². The van der Waals surface area contributed by atoms with E-state index in [0.29, 0.717) is 6.04 Å². The van der Waals surface area contributed by atoms with Crippen LogP contribution >= 0.6 is 0 Å². The third kappa shape index (κ3) is 2.51. The molecular weight excluding hydrogens is 210 g/mol. The highest BCUT2D eigenvalue weighted by Gasteiger charge is 2.31. The van der Waals surface area contributed by atoms with Crippen LogP contribution in [-0.2, 0) is 14.4 Å². The number of hydrogen-bond donors (Lipinski definition) is 3. The van der Waals surface area contributed by atoms with Crippen LogP contribution in [0.5, 0.6) is 0 Å². The summed E-state index contributed by atoms with van der Waals surface area (Å²) in [5.74, 6) is -0.306. The minimum atomic E-state index is -0.530. The molecule has 0 aromatic rings. The molecule has 0 aromatic carbocycles. The first-order chi connectivity index (χ1) is 7.66. The van der Waals surface area contributed by atoms with E-state index in [9.17, 15) is 9.59 Å².